The standard InChI is InChI=1S/C21H23ClFN5O2/c22-14-10-25-20(26-11-14)17-12-28(13-18(17)24)21(29)16-4-3-15(23)9-19(16)30-8-7-27-5-1-2-6-27/h3-4,9-11H,1-2,5-8,12-13,24H2. The Bertz CT molecular complexity index is 960. The zero-order chi connectivity index (χ0) is 21.1. The lowest BCUT2D eigenvalue weighted by Crippen LogP contribution is -2.31. The summed E-state index contributed by atoms with van der Waals surface area (Å²) in [5.74, 6) is -0.0440. The van der Waals surface area contributed by atoms with E-state index in [1.807, 2.05) is 0 Å². The van der Waals surface area contributed by atoms with E-state index in [1.165, 1.54) is 43.4 Å². The average Bonchev–Trinajstić information content (AvgIpc) is 3.38. The maximum Gasteiger partial charge on any atom is 0.258 e. The Morgan fingerprint density at radius 1 is 1.20 bits per heavy atom. The van der Waals surface area contributed by atoms with E-state index in [9.17, 15) is 9.18 Å². The second-order valence-electron chi connectivity index (χ2n) is 7.43. The van der Waals surface area contributed by atoms with Gasteiger partial charge in [-0.1, -0.05) is 11.6 Å². The van der Waals surface area contributed by atoms with Crippen molar-refractivity contribution in [1.29, 1.82) is 0 Å². The van der Waals surface area contributed by atoms with Crippen LogP contribution in [0.25, 0.3) is 5.57 Å². The van der Waals surface area contributed by atoms with Gasteiger partial charge in [0.15, 0.2) is 5.82 Å². The fourth-order valence-corrected chi connectivity index (χ4v) is 3.83. The summed E-state index contributed by atoms with van der Waals surface area (Å²) in [5, 5.41) is 0.422. The molecule has 0 aliphatic carbocycles. The van der Waals surface area contributed by atoms with E-state index in [0.29, 0.717) is 34.3 Å². The number of hydrogen-bond donors (Lipinski definition) is 1. The van der Waals surface area contributed by atoms with Crippen LogP contribution in [0.2, 0.25) is 5.02 Å². The fourth-order valence-electron chi connectivity index (χ4n) is 3.73. The fraction of sp³-hybridized carbons (Fsp3) is 0.381. The molecule has 0 spiro atoms. The predicted octanol–water partition coefficient (Wildman–Crippen LogP) is 2.57. The number of amides is 1. The second kappa shape index (κ2) is 8.97. The third kappa shape index (κ3) is 4.55. The molecule has 3 heterocycles. The van der Waals surface area contributed by atoms with Crippen LogP contribution in [0.1, 0.15) is 29.0 Å². The van der Waals surface area contributed by atoms with Crippen LogP contribution in [0.5, 0.6) is 5.75 Å². The molecule has 2 aliphatic rings. The monoisotopic (exact) mass is 431 g/mol. The minimum atomic E-state index is -0.447. The van der Waals surface area contributed by atoms with Gasteiger partial charge < -0.3 is 15.4 Å². The highest BCUT2D eigenvalue weighted by molar-refractivity contribution is 6.30. The van der Waals surface area contributed by atoms with Crippen LogP contribution in [0.15, 0.2) is 36.3 Å². The van der Waals surface area contributed by atoms with Crippen LogP contribution < -0.4 is 10.5 Å². The van der Waals surface area contributed by atoms with Gasteiger partial charge in [-0.05, 0) is 38.1 Å². The number of benzene rings is 1. The SMILES string of the molecule is NC1=C(c2ncc(Cl)cn2)CN(C(=O)c2ccc(F)cc2OCCN2CCCC2)C1. The second-order valence-corrected chi connectivity index (χ2v) is 7.86. The van der Waals surface area contributed by atoms with Crippen molar-refractivity contribution in [1.82, 2.24) is 19.8 Å². The molecule has 158 valence electrons. The Hall–Kier alpha value is -2.71. The lowest BCUT2D eigenvalue weighted by Gasteiger charge is -2.20. The van der Waals surface area contributed by atoms with Crippen LogP contribution in [-0.2, 0) is 0 Å². The van der Waals surface area contributed by atoms with E-state index in [1.54, 1.807) is 4.90 Å². The molecule has 4 rings (SSSR count). The van der Waals surface area contributed by atoms with E-state index in [-0.39, 0.29) is 24.7 Å². The number of carbonyl (C=O) groups excluding carboxylic acids is 1. The van der Waals surface area contributed by atoms with Crippen molar-refractivity contribution in [2.24, 2.45) is 5.73 Å². The number of carbonyl (C=O) groups is 1. The molecule has 0 radical (unpaired) electrons. The summed E-state index contributed by atoms with van der Waals surface area (Å²) in [5.41, 5.74) is 7.65. The van der Waals surface area contributed by atoms with Crippen molar-refractivity contribution in [3.63, 3.8) is 0 Å². The molecule has 1 saturated heterocycles. The molecule has 7 nitrogen and oxygen atoms in total. The highest BCUT2D eigenvalue weighted by atomic mass is 35.5. The maximum absolute atomic E-state index is 13.8. The Labute approximate surface area is 179 Å². The molecule has 1 aromatic carbocycles. The Morgan fingerprint density at radius 3 is 2.67 bits per heavy atom. The number of aromatic nitrogens is 2. The molecule has 9 heteroatoms. The molecular weight excluding hydrogens is 409 g/mol. The quantitative estimate of drug-likeness (QED) is 0.756. The van der Waals surface area contributed by atoms with Gasteiger partial charge in [0.2, 0.25) is 0 Å². The van der Waals surface area contributed by atoms with E-state index in [2.05, 4.69) is 14.9 Å². The Balaban J connectivity index is 1.46. The number of likely N-dealkylation sites (tertiary alicyclic amines) is 1. The van der Waals surface area contributed by atoms with Gasteiger partial charge >= 0.3 is 0 Å². The number of rotatable bonds is 6. The first-order valence-corrected chi connectivity index (χ1v) is 10.3. The molecule has 0 atom stereocenters. The molecule has 2 N–H and O–H groups in total. The molecule has 2 aliphatic heterocycles. The van der Waals surface area contributed by atoms with Crippen molar-refractivity contribution in [3.8, 4) is 5.75 Å². The van der Waals surface area contributed by atoms with Crippen LogP contribution >= 0.6 is 11.6 Å². The van der Waals surface area contributed by atoms with Crippen molar-refractivity contribution in [3.05, 3.63) is 58.5 Å². The zero-order valence-corrected chi connectivity index (χ0v) is 17.2. The summed E-state index contributed by atoms with van der Waals surface area (Å²) in [6.07, 6.45) is 5.35. The molecular formula is C21H23ClFN5O2. The number of nitrogens with two attached hydrogens (primary N) is 1. The van der Waals surface area contributed by atoms with Crippen LogP contribution in [0, 0.1) is 5.82 Å². The highest BCUT2D eigenvalue weighted by Gasteiger charge is 2.29. The summed E-state index contributed by atoms with van der Waals surface area (Å²) in [7, 11) is 0. The summed E-state index contributed by atoms with van der Waals surface area (Å²) in [6.45, 7) is 3.75. The molecule has 0 saturated carbocycles. The minimum Gasteiger partial charge on any atom is -0.491 e. The van der Waals surface area contributed by atoms with Gasteiger partial charge in [0.1, 0.15) is 18.2 Å². The van der Waals surface area contributed by atoms with E-state index >= 15 is 0 Å². The van der Waals surface area contributed by atoms with Gasteiger partial charge in [0, 0.05) is 36.3 Å². The van der Waals surface area contributed by atoms with Crippen molar-refractivity contribution in [2.75, 3.05) is 39.3 Å². The van der Waals surface area contributed by atoms with Crippen LogP contribution in [-0.4, -0.2) is 65.0 Å². The Morgan fingerprint density at radius 2 is 1.93 bits per heavy atom. The predicted molar refractivity (Wildman–Crippen MR) is 112 cm³/mol. The average molecular weight is 432 g/mol. The van der Waals surface area contributed by atoms with Gasteiger partial charge in [-0.25, -0.2) is 14.4 Å². The number of nitrogens with zero attached hydrogens (tertiary/aromatic N) is 4. The van der Waals surface area contributed by atoms with E-state index in [4.69, 9.17) is 22.1 Å². The lowest BCUT2D eigenvalue weighted by atomic mass is 10.1. The first kappa shape index (κ1) is 20.6. The third-order valence-corrected chi connectivity index (χ3v) is 5.51. The van der Waals surface area contributed by atoms with Gasteiger partial charge in [0.25, 0.3) is 5.91 Å². The van der Waals surface area contributed by atoms with Gasteiger partial charge in [-0.15, -0.1) is 0 Å². The summed E-state index contributed by atoms with van der Waals surface area (Å²) in [4.78, 5) is 25.4. The largest absolute Gasteiger partial charge is 0.491 e. The van der Waals surface area contributed by atoms with Crippen molar-refractivity contribution in [2.45, 2.75) is 12.8 Å². The summed E-state index contributed by atoms with van der Waals surface area (Å²) >= 11 is 5.84. The van der Waals surface area contributed by atoms with Gasteiger partial charge in [0.05, 0.1) is 23.7 Å². The maximum atomic E-state index is 13.8. The highest BCUT2D eigenvalue weighted by Crippen LogP contribution is 2.27. The summed E-state index contributed by atoms with van der Waals surface area (Å²) in [6, 6.07) is 3.97. The first-order valence-electron chi connectivity index (χ1n) is 9.90. The van der Waals surface area contributed by atoms with E-state index < -0.39 is 5.82 Å². The molecule has 0 bridgehead atoms. The molecule has 1 amide bonds. The molecule has 2 aromatic rings. The topological polar surface area (TPSA) is 84.6 Å². The first-order chi connectivity index (χ1) is 14.5. The molecule has 30 heavy (non-hydrogen) atoms. The third-order valence-electron chi connectivity index (χ3n) is 5.31. The van der Waals surface area contributed by atoms with Gasteiger partial charge in [-0.2, -0.15) is 0 Å². The number of hydrogen-bond acceptors (Lipinski definition) is 6. The number of ether oxygens (including phenoxy) is 1. The van der Waals surface area contributed by atoms with Crippen molar-refractivity contribution < 1.29 is 13.9 Å². The molecule has 1 fully saturated rings. The molecule has 1 aromatic heterocycles. The number of halogens is 2. The van der Waals surface area contributed by atoms with E-state index in [0.717, 1.165) is 19.6 Å². The van der Waals surface area contributed by atoms with Crippen LogP contribution in [0.3, 0.4) is 0 Å². The summed E-state index contributed by atoms with van der Waals surface area (Å²) < 4.78 is 19.6. The van der Waals surface area contributed by atoms with Crippen molar-refractivity contribution >= 4 is 23.1 Å². The van der Waals surface area contributed by atoms with Crippen LogP contribution in [0.4, 0.5) is 4.39 Å². The zero-order valence-electron chi connectivity index (χ0n) is 16.5. The Kier molecular flexibility index (Phi) is 6.15. The van der Waals surface area contributed by atoms with Gasteiger partial charge in [-0.3, -0.25) is 9.69 Å². The lowest BCUT2D eigenvalue weighted by molar-refractivity contribution is 0.0794. The molecule has 0 unspecified atom stereocenters. The normalized spacial score (nSPS) is 17.1. The minimum absolute atomic E-state index is 0.241. The smallest absolute Gasteiger partial charge is 0.258 e.